The number of rotatable bonds is 4. The number of ether oxygens (including phenoxy) is 2. The van der Waals surface area contributed by atoms with Crippen molar-refractivity contribution in [2.45, 2.75) is 12.3 Å². The first-order valence-electron chi connectivity index (χ1n) is 5.69. The van der Waals surface area contributed by atoms with Gasteiger partial charge in [0, 0.05) is 4.88 Å². The van der Waals surface area contributed by atoms with Gasteiger partial charge in [0.25, 0.3) is 0 Å². The van der Waals surface area contributed by atoms with Crippen molar-refractivity contribution in [3.8, 4) is 11.5 Å². The van der Waals surface area contributed by atoms with Crippen LogP contribution in [0.2, 0.25) is 4.34 Å². The topological polar surface area (TPSA) is 18.5 Å². The van der Waals surface area contributed by atoms with Gasteiger partial charge in [0.15, 0.2) is 0 Å². The molecular weight excluding hydrogens is 303 g/mol. The average Bonchev–Trinajstić information content (AvgIpc) is 2.76. The van der Waals surface area contributed by atoms with Gasteiger partial charge >= 0.3 is 0 Å². The first kappa shape index (κ1) is 14.5. The van der Waals surface area contributed by atoms with Crippen LogP contribution in [0.5, 0.6) is 11.5 Å². The first-order valence-corrected chi connectivity index (χ1v) is 7.32. The Morgan fingerprint density at radius 1 is 1.16 bits per heavy atom. The summed E-state index contributed by atoms with van der Waals surface area (Å²) in [6.07, 6.45) is 0. The molecule has 102 valence electrons. The number of hydrogen-bond donors (Lipinski definition) is 0. The Balaban J connectivity index is 2.50. The molecule has 0 spiro atoms. The molecule has 5 heteroatoms. The molecule has 19 heavy (non-hydrogen) atoms. The average molecular weight is 317 g/mol. The Morgan fingerprint density at radius 2 is 1.74 bits per heavy atom. The number of hydrogen-bond acceptors (Lipinski definition) is 3. The summed E-state index contributed by atoms with van der Waals surface area (Å²) in [7, 11) is 3.24. The van der Waals surface area contributed by atoms with E-state index < -0.39 is 0 Å². The Bertz CT molecular complexity index is 539. The minimum absolute atomic E-state index is 0.345. The zero-order valence-electron chi connectivity index (χ0n) is 10.9. The van der Waals surface area contributed by atoms with Gasteiger partial charge in [0.2, 0.25) is 0 Å². The van der Waals surface area contributed by atoms with Crippen LogP contribution in [0.25, 0.3) is 0 Å². The van der Waals surface area contributed by atoms with E-state index >= 15 is 0 Å². The highest BCUT2D eigenvalue weighted by atomic mass is 35.5. The van der Waals surface area contributed by atoms with Crippen molar-refractivity contribution in [2.24, 2.45) is 0 Å². The summed E-state index contributed by atoms with van der Waals surface area (Å²) >= 11 is 14.2. The lowest BCUT2D eigenvalue weighted by molar-refractivity contribution is 0.386. The van der Waals surface area contributed by atoms with Gasteiger partial charge in [-0.2, -0.15) is 0 Å². The van der Waals surface area contributed by atoms with Gasteiger partial charge in [-0.25, -0.2) is 0 Å². The van der Waals surface area contributed by atoms with Crippen LogP contribution >= 0.6 is 34.5 Å². The second kappa shape index (κ2) is 6.04. The van der Waals surface area contributed by atoms with Crippen LogP contribution in [0.4, 0.5) is 0 Å². The molecule has 1 atom stereocenters. The third-order valence-corrected chi connectivity index (χ3v) is 5.05. The predicted molar refractivity (Wildman–Crippen MR) is 81.3 cm³/mol. The maximum Gasteiger partial charge on any atom is 0.127 e. The number of methoxy groups -OCH3 is 2. The van der Waals surface area contributed by atoms with Gasteiger partial charge in [-0.05, 0) is 30.7 Å². The molecule has 0 aliphatic carbocycles. The van der Waals surface area contributed by atoms with E-state index in [0.717, 1.165) is 20.3 Å². The van der Waals surface area contributed by atoms with Crippen LogP contribution in [0, 0.1) is 6.92 Å². The second-order valence-corrected chi connectivity index (χ2v) is 6.17. The fourth-order valence-corrected chi connectivity index (χ4v) is 3.50. The highest BCUT2D eigenvalue weighted by Gasteiger charge is 2.22. The molecule has 0 saturated carbocycles. The summed E-state index contributed by atoms with van der Waals surface area (Å²) < 4.78 is 11.5. The summed E-state index contributed by atoms with van der Waals surface area (Å²) in [4.78, 5) is 0.979. The van der Waals surface area contributed by atoms with Gasteiger partial charge in [0.1, 0.15) is 16.9 Å². The van der Waals surface area contributed by atoms with Crippen molar-refractivity contribution >= 4 is 34.5 Å². The number of thiophene rings is 1. The van der Waals surface area contributed by atoms with Crippen molar-refractivity contribution < 1.29 is 9.47 Å². The van der Waals surface area contributed by atoms with Crippen molar-refractivity contribution in [1.82, 2.24) is 0 Å². The highest BCUT2D eigenvalue weighted by Crippen LogP contribution is 2.44. The second-order valence-electron chi connectivity index (χ2n) is 4.04. The largest absolute Gasteiger partial charge is 0.496 e. The van der Waals surface area contributed by atoms with E-state index in [1.807, 2.05) is 31.2 Å². The van der Waals surface area contributed by atoms with Gasteiger partial charge in [-0.1, -0.05) is 17.7 Å². The summed E-state index contributed by atoms with van der Waals surface area (Å²) in [5.41, 5.74) is 1.85. The van der Waals surface area contributed by atoms with E-state index in [-0.39, 0.29) is 5.38 Å². The first-order chi connectivity index (χ1) is 9.08. The highest BCUT2D eigenvalue weighted by molar-refractivity contribution is 7.16. The summed E-state index contributed by atoms with van der Waals surface area (Å²) in [5.74, 6) is 1.42. The maximum atomic E-state index is 6.58. The normalized spacial score (nSPS) is 12.3. The third-order valence-electron chi connectivity index (χ3n) is 2.85. The molecule has 2 rings (SSSR count). The molecule has 2 aromatic rings. The molecule has 1 unspecified atom stereocenters. The third kappa shape index (κ3) is 2.83. The van der Waals surface area contributed by atoms with E-state index in [2.05, 4.69) is 0 Å². The van der Waals surface area contributed by atoms with Crippen LogP contribution in [0.1, 0.15) is 21.4 Å². The van der Waals surface area contributed by atoms with Gasteiger partial charge < -0.3 is 9.47 Å². The quantitative estimate of drug-likeness (QED) is 0.734. The molecule has 1 aromatic carbocycles. The Kier molecular flexibility index (Phi) is 4.61. The molecule has 1 aromatic heterocycles. The zero-order valence-corrected chi connectivity index (χ0v) is 13.2. The minimum atomic E-state index is -0.345. The molecule has 0 bridgehead atoms. The van der Waals surface area contributed by atoms with Crippen LogP contribution in [-0.4, -0.2) is 14.2 Å². The van der Waals surface area contributed by atoms with Gasteiger partial charge in [-0.3, -0.25) is 0 Å². The fraction of sp³-hybridized carbons (Fsp3) is 0.286. The lowest BCUT2D eigenvalue weighted by atomic mass is 10.1. The van der Waals surface area contributed by atoms with E-state index in [1.165, 1.54) is 11.3 Å². The number of benzene rings is 1. The fourth-order valence-electron chi connectivity index (χ4n) is 1.88. The predicted octanol–water partition coefficient (Wildman–Crippen LogP) is 5.06. The van der Waals surface area contributed by atoms with Crippen molar-refractivity contribution in [1.29, 1.82) is 0 Å². The Hall–Kier alpha value is -0.900. The van der Waals surface area contributed by atoms with E-state index in [0.29, 0.717) is 11.5 Å². The standard InChI is InChI=1S/C14H14Cl2O2S/c1-8-7-11(19-14(8)16)13(15)12-9(17-2)5-4-6-10(12)18-3/h4-7,13H,1-3H3. The molecule has 2 nitrogen and oxygen atoms in total. The Labute approximate surface area is 126 Å². The summed E-state index contributed by atoms with van der Waals surface area (Å²) in [5, 5.41) is -0.345. The number of aryl methyl sites for hydroxylation is 1. The van der Waals surface area contributed by atoms with Crippen LogP contribution in [0.3, 0.4) is 0 Å². The molecule has 0 amide bonds. The monoisotopic (exact) mass is 316 g/mol. The van der Waals surface area contributed by atoms with E-state index in [9.17, 15) is 0 Å². The Morgan fingerprint density at radius 3 is 2.16 bits per heavy atom. The molecule has 0 N–H and O–H groups in total. The van der Waals surface area contributed by atoms with Crippen molar-refractivity contribution in [3.63, 3.8) is 0 Å². The molecule has 0 fully saturated rings. The zero-order chi connectivity index (χ0) is 14.0. The molecule has 0 aliphatic rings. The van der Waals surface area contributed by atoms with Gasteiger partial charge in [0.05, 0.1) is 24.1 Å². The number of halogens is 2. The molecule has 0 saturated heterocycles. The van der Waals surface area contributed by atoms with Crippen LogP contribution in [0.15, 0.2) is 24.3 Å². The van der Waals surface area contributed by atoms with Crippen molar-refractivity contribution in [2.75, 3.05) is 14.2 Å². The maximum absolute atomic E-state index is 6.58. The molecule has 1 heterocycles. The molecule has 0 aliphatic heterocycles. The lowest BCUT2D eigenvalue weighted by Gasteiger charge is -2.16. The lowest BCUT2D eigenvalue weighted by Crippen LogP contribution is -1.99. The molecular formula is C14H14Cl2O2S. The number of alkyl halides is 1. The van der Waals surface area contributed by atoms with Crippen LogP contribution < -0.4 is 9.47 Å². The van der Waals surface area contributed by atoms with Crippen LogP contribution in [-0.2, 0) is 0 Å². The van der Waals surface area contributed by atoms with E-state index in [4.69, 9.17) is 32.7 Å². The van der Waals surface area contributed by atoms with E-state index in [1.54, 1.807) is 14.2 Å². The molecule has 0 radical (unpaired) electrons. The summed E-state index contributed by atoms with van der Waals surface area (Å²) in [6, 6.07) is 7.61. The minimum Gasteiger partial charge on any atom is -0.496 e. The van der Waals surface area contributed by atoms with Crippen molar-refractivity contribution in [3.05, 3.63) is 44.6 Å². The smallest absolute Gasteiger partial charge is 0.127 e. The summed E-state index contributed by atoms with van der Waals surface area (Å²) in [6.45, 7) is 1.96. The van der Waals surface area contributed by atoms with Gasteiger partial charge in [-0.15, -0.1) is 22.9 Å². The SMILES string of the molecule is COc1cccc(OC)c1C(Cl)c1cc(C)c(Cl)s1.